The largest absolute Gasteiger partial charge is 0.390 e. The molecule has 162 valence electrons. The normalized spacial score (nSPS) is 24.8. The van der Waals surface area contributed by atoms with Crippen molar-refractivity contribution >= 4 is 28.9 Å². The molecule has 0 bridgehead atoms. The van der Waals surface area contributed by atoms with Crippen molar-refractivity contribution in [3.63, 3.8) is 0 Å². The molecule has 2 aromatic heterocycles. The lowest BCUT2D eigenvalue weighted by Gasteiger charge is -2.33. The number of aliphatic hydroxyl groups is 1. The molecule has 1 aliphatic heterocycles. The van der Waals surface area contributed by atoms with E-state index < -0.39 is 11.0 Å². The first-order valence-corrected chi connectivity index (χ1v) is 11.0. The molecule has 3 aromatic rings. The van der Waals surface area contributed by atoms with Gasteiger partial charge in [0.1, 0.15) is 0 Å². The number of nitrogens with zero attached hydrogens (tertiary/aromatic N) is 3. The molecule has 7 nitrogen and oxygen atoms in total. The fourth-order valence-electron chi connectivity index (χ4n) is 4.77. The average Bonchev–Trinajstić information content (AvgIpc) is 3.22. The van der Waals surface area contributed by atoms with Crippen LogP contribution in [0.1, 0.15) is 57.7 Å². The number of rotatable bonds is 4. The van der Waals surface area contributed by atoms with E-state index in [1.54, 1.807) is 0 Å². The van der Waals surface area contributed by atoms with Crippen LogP contribution in [0.4, 0.5) is 17.3 Å². The summed E-state index contributed by atoms with van der Waals surface area (Å²) in [4.78, 5) is 16.8. The van der Waals surface area contributed by atoms with Gasteiger partial charge in [0.05, 0.1) is 11.0 Å². The zero-order valence-corrected chi connectivity index (χ0v) is 18.3. The van der Waals surface area contributed by atoms with Gasteiger partial charge in [-0.3, -0.25) is 4.79 Å². The number of hydrogen-bond acceptors (Lipinski definition) is 5. The molecule has 3 heterocycles. The zero-order chi connectivity index (χ0) is 21.8. The van der Waals surface area contributed by atoms with Gasteiger partial charge < -0.3 is 15.7 Å². The number of aromatic nitrogens is 3. The van der Waals surface area contributed by atoms with Crippen molar-refractivity contribution in [2.45, 2.75) is 63.9 Å². The number of carbonyl (C=O) groups is 1. The third-order valence-electron chi connectivity index (χ3n) is 6.88. The standard InChI is InChI=1S/C24H29N5O2/c1-23(2)18-8-7-16(14-19(18)26-21(23)30)25-22-27-20-6-4-5-17(29(20)28-22)13-15-9-11-24(3,31)12-10-15/h4-8,14-15,31H,9-13H2,1-3H3,(H,25,28)(H,26,30)/t15-,24-. The Balaban J connectivity index is 1.36. The minimum absolute atomic E-state index is 0.0133. The molecule has 3 N–H and O–H groups in total. The Morgan fingerprint density at radius 3 is 2.74 bits per heavy atom. The molecule has 7 heteroatoms. The molecule has 1 aliphatic carbocycles. The summed E-state index contributed by atoms with van der Waals surface area (Å²) >= 11 is 0. The smallest absolute Gasteiger partial charge is 0.247 e. The summed E-state index contributed by atoms with van der Waals surface area (Å²) in [7, 11) is 0. The Labute approximate surface area is 181 Å². The van der Waals surface area contributed by atoms with Gasteiger partial charge >= 0.3 is 0 Å². The number of anilines is 3. The average molecular weight is 420 g/mol. The Morgan fingerprint density at radius 2 is 1.97 bits per heavy atom. The van der Waals surface area contributed by atoms with Gasteiger partial charge in [-0.2, -0.15) is 4.98 Å². The van der Waals surface area contributed by atoms with Crippen LogP contribution >= 0.6 is 0 Å². The van der Waals surface area contributed by atoms with Crippen molar-refractivity contribution < 1.29 is 9.90 Å². The second-order valence-corrected chi connectivity index (χ2v) is 9.83. The first-order chi connectivity index (χ1) is 14.7. The van der Waals surface area contributed by atoms with Crippen molar-refractivity contribution in [3.05, 3.63) is 47.7 Å². The minimum atomic E-state index is -0.517. The first-order valence-electron chi connectivity index (χ1n) is 11.0. The number of pyridine rings is 1. The first kappa shape index (κ1) is 20.0. The van der Waals surface area contributed by atoms with E-state index in [-0.39, 0.29) is 5.91 Å². The van der Waals surface area contributed by atoms with Crippen LogP contribution in [-0.2, 0) is 16.6 Å². The van der Waals surface area contributed by atoms with Gasteiger partial charge in [-0.15, -0.1) is 5.10 Å². The SMILES string of the molecule is CC1(C)C(=O)Nc2cc(Nc3nc4cccc(C[C@H]5CC[C@](C)(O)CC5)n4n3)ccc21. The summed E-state index contributed by atoms with van der Waals surface area (Å²) in [5, 5.41) is 21.2. The zero-order valence-electron chi connectivity index (χ0n) is 18.3. The van der Waals surface area contributed by atoms with Crippen molar-refractivity contribution in [1.82, 2.24) is 14.6 Å². The van der Waals surface area contributed by atoms with Crippen molar-refractivity contribution in [1.29, 1.82) is 0 Å². The number of fused-ring (bicyclic) bond motifs is 2. The maximum Gasteiger partial charge on any atom is 0.247 e. The second kappa shape index (κ2) is 7.05. The molecule has 2 aliphatic rings. The van der Waals surface area contributed by atoms with Crippen LogP contribution in [0, 0.1) is 5.92 Å². The van der Waals surface area contributed by atoms with E-state index in [0.29, 0.717) is 11.9 Å². The van der Waals surface area contributed by atoms with Crippen molar-refractivity contribution in [2.75, 3.05) is 10.6 Å². The predicted octanol–water partition coefficient (Wildman–Crippen LogP) is 4.19. The van der Waals surface area contributed by atoms with Crippen LogP contribution in [0.5, 0.6) is 0 Å². The highest BCUT2D eigenvalue weighted by atomic mass is 16.3. The highest BCUT2D eigenvalue weighted by Gasteiger charge is 2.38. The molecule has 0 spiro atoms. The van der Waals surface area contributed by atoms with Gasteiger partial charge in [-0.05, 0) is 88.6 Å². The topological polar surface area (TPSA) is 91.5 Å². The van der Waals surface area contributed by atoms with E-state index in [1.165, 1.54) is 0 Å². The fraction of sp³-hybridized carbons (Fsp3) is 0.458. The summed E-state index contributed by atoms with van der Waals surface area (Å²) in [6.45, 7) is 5.80. The maximum absolute atomic E-state index is 12.2. The van der Waals surface area contributed by atoms with E-state index >= 15 is 0 Å². The van der Waals surface area contributed by atoms with Crippen molar-refractivity contribution in [2.24, 2.45) is 5.92 Å². The van der Waals surface area contributed by atoms with E-state index in [1.807, 2.05) is 55.6 Å². The van der Waals surface area contributed by atoms with Gasteiger partial charge in [0.25, 0.3) is 0 Å². The van der Waals surface area contributed by atoms with Gasteiger partial charge in [-0.25, -0.2) is 4.52 Å². The highest BCUT2D eigenvalue weighted by Crippen LogP contribution is 2.39. The lowest BCUT2D eigenvalue weighted by molar-refractivity contribution is -0.119. The molecule has 1 amide bonds. The lowest BCUT2D eigenvalue weighted by Crippen LogP contribution is -2.31. The van der Waals surface area contributed by atoms with E-state index in [0.717, 1.165) is 60.4 Å². The van der Waals surface area contributed by atoms with Gasteiger partial charge in [0, 0.05) is 17.1 Å². The van der Waals surface area contributed by atoms with Crippen LogP contribution in [0.25, 0.3) is 5.65 Å². The van der Waals surface area contributed by atoms with E-state index in [4.69, 9.17) is 5.10 Å². The summed E-state index contributed by atoms with van der Waals surface area (Å²) in [5.41, 5.74) is 3.57. The van der Waals surface area contributed by atoms with Crippen LogP contribution in [0.3, 0.4) is 0 Å². The van der Waals surface area contributed by atoms with Crippen LogP contribution in [0.2, 0.25) is 0 Å². The molecule has 0 saturated heterocycles. The number of nitrogens with one attached hydrogen (secondary N) is 2. The predicted molar refractivity (Wildman–Crippen MR) is 121 cm³/mol. The third kappa shape index (κ3) is 3.67. The Hall–Kier alpha value is -2.93. The molecule has 5 rings (SSSR count). The van der Waals surface area contributed by atoms with Crippen LogP contribution in [0.15, 0.2) is 36.4 Å². The lowest BCUT2D eigenvalue weighted by atomic mass is 9.78. The molecule has 0 atom stereocenters. The molecule has 1 saturated carbocycles. The molecule has 0 radical (unpaired) electrons. The van der Waals surface area contributed by atoms with Crippen LogP contribution < -0.4 is 10.6 Å². The number of benzene rings is 1. The highest BCUT2D eigenvalue weighted by molar-refractivity contribution is 6.06. The molecule has 1 aromatic carbocycles. The number of amides is 1. The summed E-state index contributed by atoms with van der Waals surface area (Å²) in [6, 6.07) is 12.0. The Bertz CT molecular complexity index is 1150. The summed E-state index contributed by atoms with van der Waals surface area (Å²) < 4.78 is 1.91. The Kier molecular flexibility index (Phi) is 4.55. The maximum atomic E-state index is 12.2. The second-order valence-electron chi connectivity index (χ2n) is 9.83. The summed E-state index contributed by atoms with van der Waals surface area (Å²) in [6.07, 6.45) is 4.68. The third-order valence-corrected chi connectivity index (χ3v) is 6.88. The minimum Gasteiger partial charge on any atom is -0.390 e. The van der Waals surface area contributed by atoms with E-state index in [9.17, 15) is 9.90 Å². The number of hydrogen-bond donors (Lipinski definition) is 3. The van der Waals surface area contributed by atoms with Crippen molar-refractivity contribution in [3.8, 4) is 0 Å². The van der Waals surface area contributed by atoms with Gasteiger partial charge in [0.15, 0.2) is 5.65 Å². The molecular weight excluding hydrogens is 390 g/mol. The quantitative estimate of drug-likeness (QED) is 0.590. The molecule has 0 unspecified atom stereocenters. The molecule has 1 fully saturated rings. The summed E-state index contributed by atoms with van der Waals surface area (Å²) in [5.74, 6) is 1.09. The van der Waals surface area contributed by atoms with Gasteiger partial charge in [0.2, 0.25) is 11.9 Å². The Morgan fingerprint density at radius 1 is 1.19 bits per heavy atom. The monoisotopic (exact) mass is 419 g/mol. The van der Waals surface area contributed by atoms with E-state index in [2.05, 4.69) is 21.7 Å². The molecular formula is C24H29N5O2. The van der Waals surface area contributed by atoms with Crippen LogP contribution in [-0.4, -0.2) is 31.2 Å². The fourth-order valence-corrected chi connectivity index (χ4v) is 4.77. The molecule has 31 heavy (non-hydrogen) atoms. The van der Waals surface area contributed by atoms with Gasteiger partial charge in [-0.1, -0.05) is 12.1 Å². The number of carbonyl (C=O) groups excluding carboxylic acids is 1.